The summed E-state index contributed by atoms with van der Waals surface area (Å²) in [6, 6.07) is 7.71. The zero-order valence-electron chi connectivity index (χ0n) is 15.0. The Kier molecular flexibility index (Phi) is 5.46. The third-order valence-corrected chi connectivity index (χ3v) is 4.76. The van der Waals surface area contributed by atoms with Crippen LogP contribution in [0.1, 0.15) is 41.5 Å². The Bertz CT molecular complexity index is 807. The summed E-state index contributed by atoms with van der Waals surface area (Å²) in [5, 5.41) is 6.08. The van der Waals surface area contributed by atoms with Crippen LogP contribution in [0, 0.1) is 12.8 Å². The van der Waals surface area contributed by atoms with Crippen molar-refractivity contribution >= 4 is 5.91 Å². The Labute approximate surface area is 155 Å². The molecule has 27 heavy (non-hydrogen) atoms. The summed E-state index contributed by atoms with van der Waals surface area (Å²) in [5.41, 5.74) is 1.31. The Morgan fingerprint density at radius 2 is 2.04 bits per heavy atom. The summed E-state index contributed by atoms with van der Waals surface area (Å²) in [5.74, 6) is -0.839. The van der Waals surface area contributed by atoms with E-state index in [0.717, 1.165) is 23.7 Å². The second kappa shape index (κ2) is 7.64. The van der Waals surface area contributed by atoms with Crippen molar-refractivity contribution in [3.63, 3.8) is 0 Å². The molecular formula is C19H21F3N4O. The van der Waals surface area contributed by atoms with Gasteiger partial charge in [0.1, 0.15) is 0 Å². The lowest BCUT2D eigenvalue weighted by Gasteiger charge is -2.21. The third kappa shape index (κ3) is 4.44. The van der Waals surface area contributed by atoms with Crippen molar-refractivity contribution < 1.29 is 18.0 Å². The molecule has 0 unspecified atom stereocenters. The summed E-state index contributed by atoms with van der Waals surface area (Å²) in [7, 11) is 0. The van der Waals surface area contributed by atoms with E-state index in [-0.39, 0.29) is 17.9 Å². The monoisotopic (exact) mass is 378 g/mol. The number of carbonyl (C=O) groups is 1. The summed E-state index contributed by atoms with van der Waals surface area (Å²) in [6.45, 7) is 4.68. The highest BCUT2D eigenvalue weighted by molar-refractivity contribution is 5.80. The van der Waals surface area contributed by atoms with Gasteiger partial charge in [-0.3, -0.25) is 14.8 Å². The van der Waals surface area contributed by atoms with E-state index in [9.17, 15) is 18.0 Å². The number of amides is 1. The fourth-order valence-corrected chi connectivity index (χ4v) is 3.26. The van der Waals surface area contributed by atoms with Gasteiger partial charge in [0.15, 0.2) is 0 Å². The van der Waals surface area contributed by atoms with Gasteiger partial charge in [0.05, 0.1) is 23.2 Å². The molecule has 2 N–H and O–H groups in total. The van der Waals surface area contributed by atoms with Gasteiger partial charge < -0.3 is 10.6 Å². The second-order valence-electron chi connectivity index (χ2n) is 6.77. The predicted octanol–water partition coefficient (Wildman–Crippen LogP) is 2.98. The number of aryl methyl sites for hydroxylation is 1. The van der Waals surface area contributed by atoms with Crippen molar-refractivity contribution in [3.8, 4) is 0 Å². The van der Waals surface area contributed by atoms with E-state index in [0.29, 0.717) is 18.8 Å². The van der Waals surface area contributed by atoms with Crippen molar-refractivity contribution in [2.75, 3.05) is 13.1 Å². The van der Waals surface area contributed by atoms with Gasteiger partial charge in [-0.15, -0.1) is 0 Å². The van der Waals surface area contributed by atoms with Crippen LogP contribution >= 0.6 is 0 Å². The molecule has 3 heterocycles. The molecule has 3 atom stereocenters. The number of nitrogens with zero attached hydrogens (tertiary/aromatic N) is 2. The summed E-state index contributed by atoms with van der Waals surface area (Å²) in [6.07, 6.45) is -3.60. The molecule has 0 spiro atoms. The number of hydrogen-bond donors (Lipinski definition) is 2. The number of alkyl halides is 3. The number of aromatic nitrogens is 2. The first kappa shape index (κ1) is 19.3. The van der Waals surface area contributed by atoms with Crippen LogP contribution in [-0.4, -0.2) is 29.0 Å². The molecule has 2 aromatic rings. The van der Waals surface area contributed by atoms with Gasteiger partial charge in [-0.05, 0) is 38.1 Å². The van der Waals surface area contributed by atoms with Crippen LogP contribution in [0.2, 0.25) is 0 Å². The van der Waals surface area contributed by atoms with Crippen LogP contribution in [-0.2, 0) is 11.0 Å². The zero-order valence-corrected chi connectivity index (χ0v) is 15.0. The summed E-state index contributed by atoms with van der Waals surface area (Å²) < 4.78 is 38.1. The van der Waals surface area contributed by atoms with Gasteiger partial charge >= 0.3 is 6.18 Å². The van der Waals surface area contributed by atoms with Gasteiger partial charge in [-0.25, -0.2) is 0 Å². The number of halogens is 3. The van der Waals surface area contributed by atoms with Crippen molar-refractivity contribution in [1.82, 2.24) is 20.6 Å². The molecule has 2 aromatic heterocycles. The second-order valence-corrected chi connectivity index (χ2v) is 6.77. The Morgan fingerprint density at radius 3 is 2.67 bits per heavy atom. The fourth-order valence-electron chi connectivity index (χ4n) is 3.26. The molecule has 1 saturated heterocycles. The number of rotatable bonds is 4. The van der Waals surface area contributed by atoms with Crippen molar-refractivity contribution in [1.29, 1.82) is 0 Å². The lowest BCUT2D eigenvalue weighted by Crippen LogP contribution is -2.36. The minimum Gasteiger partial charge on any atom is -0.348 e. The van der Waals surface area contributed by atoms with Gasteiger partial charge in [-0.2, -0.15) is 13.2 Å². The smallest absolute Gasteiger partial charge is 0.348 e. The van der Waals surface area contributed by atoms with Crippen LogP contribution in [0.15, 0.2) is 36.5 Å². The summed E-state index contributed by atoms with van der Waals surface area (Å²) >= 11 is 0. The van der Waals surface area contributed by atoms with Gasteiger partial charge in [0, 0.05) is 36.6 Å². The van der Waals surface area contributed by atoms with E-state index < -0.39 is 17.7 Å². The molecule has 0 aromatic carbocycles. The maximum absolute atomic E-state index is 12.7. The molecule has 0 aliphatic carbocycles. The Balaban J connectivity index is 1.71. The molecule has 1 fully saturated rings. The van der Waals surface area contributed by atoms with Gasteiger partial charge in [0.2, 0.25) is 5.91 Å². The summed E-state index contributed by atoms with van der Waals surface area (Å²) in [4.78, 5) is 21.1. The Morgan fingerprint density at radius 1 is 1.26 bits per heavy atom. The van der Waals surface area contributed by atoms with Crippen molar-refractivity contribution in [2.45, 2.75) is 32.0 Å². The zero-order chi connectivity index (χ0) is 19.6. The average Bonchev–Trinajstić information content (AvgIpc) is 3.11. The van der Waals surface area contributed by atoms with E-state index >= 15 is 0 Å². The molecule has 1 aliphatic heterocycles. The first-order valence-corrected chi connectivity index (χ1v) is 8.73. The lowest BCUT2D eigenvalue weighted by molar-refractivity contribution is -0.137. The predicted molar refractivity (Wildman–Crippen MR) is 93.9 cm³/mol. The number of pyridine rings is 2. The fraction of sp³-hybridized carbons (Fsp3) is 0.421. The number of carbonyl (C=O) groups excluding carboxylic acids is 1. The highest BCUT2D eigenvalue weighted by atomic mass is 19.4. The molecule has 0 radical (unpaired) electrons. The molecule has 0 bridgehead atoms. The molecule has 5 nitrogen and oxygen atoms in total. The molecule has 0 saturated carbocycles. The molecule has 8 heteroatoms. The van der Waals surface area contributed by atoms with Crippen LogP contribution in [0.3, 0.4) is 0 Å². The molecule has 1 aliphatic rings. The van der Waals surface area contributed by atoms with Crippen molar-refractivity contribution in [2.24, 2.45) is 5.92 Å². The topological polar surface area (TPSA) is 66.9 Å². The highest BCUT2D eigenvalue weighted by Crippen LogP contribution is 2.32. The van der Waals surface area contributed by atoms with Gasteiger partial charge in [-0.1, -0.05) is 6.07 Å². The molecular weight excluding hydrogens is 357 g/mol. The number of hydrogen-bond acceptors (Lipinski definition) is 4. The first-order valence-electron chi connectivity index (χ1n) is 8.73. The van der Waals surface area contributed by atoms with Crippen LogP contribution in [0.4, 0.5) is 13.2 Å². The third-order valence-electron chi connectivity index (χ3n) is 4.76. The number of nitrogens with one attached hydrogen (secondary N) is 2. The quantitative estimate of drug-likeness (QED) is 0.858. The van der Waals surface area contributed by atoms with Crippen LogP contribution < -0.4 is 10.6 Å². The highest BCUT2D eigenvalue weighted by Gasteiger charge is 2.36. The van der Waals surface area contributed by atoms with Crippen molar-refractivity contribution in [3.05, 3.63) is 59.2 Å². The lowest BCUT2D eigenvalue weighted by atomic mass is 9.91. The average molecular weight is 378 g/mol. The standard InChI is InChI=1S/C19H21F3N4O/c1-11-4-3-5-16(25-11)12(2)26-18(27)15-10-23-9-14(15)17-7-6-13(8-24-17)19(20,21)22/h3-8,12,14-15,23H,9-10H2,1-2H3,(H,26,27)/t12-,14+,15+/m0/s1. The normalized spacial score (nSPS) is 21.1. The largest absolute Gasteiger partial charge is 0.417 e. The van der Waals surface area contributed by atoms with E-state index in [2.05, 4.69) is 20.6 Å². The first-order chi connectivity index (χ1) is 12.8. The maximum Gasteiger partial charge on any atom is 0.417 e. The van der Waals surface area contributed by atoms with Gasteiger partial charge in [0.25, 0.3) is 0 Å². The van der Waals surface area contributed by atoms with E-state index in [4.69, 9.17) is 0 Å². The maximum atomic E-state index is 12.7. The van der Waals surface area contributed by atoms with E-state index in [1.165, 1.54) is 6.07 Å². The van der Waals surface area contributed by atoms with Crippen LogP contribution in [0.5, 0.6) is 0 Å². The molecule has 1 amide bonds. The van der Waals surface area contributed by atoms with E-state index in [1.807, 2.05) is 32.0 Å². The minimum atomic E-state index is -4.42. The van der Waals surface area contributed by atoms with Crippen LogP contribution in [0.25, 0.3) is 0 Å². The minimum absolute atomic E-state index is 0.164. The molecule has 144 valence electrons. The SMILES string of the molecule is Cc1cccc([C@H](C)NC(=O)[C@@H]2CNC[C@H]2c2ccc(C(F)(F)F)cn2)n1. The van der Waals surface area contributed by atoms with E-state index in [1.54, 1.807) is 0 Å². The molecule has 3 rings (SSSR count). The Hall–Kier alpha value is -2.48.